The van der Waals surface area contributed by atoms with Crippen LogP contribution in [0.2, 0.25) is 0 Å². The van der Waals surface area contributed by atoms with Gasteiger partial charge in [0.1, 0.15) is 22.3 Å². The second-order valence-corrected chi connectivity index (χ2v) is 18.6. The van der Waals surface area contributed by atoms with Crippen molar-refractivity contribution in [3.05, 3.63) is 206 Å². The first-order valence-electron chi connectivity index (χ1n) is 21.5. The van der Waals surface area contributed by atoms with Crippen molar-refractivity contribution in [2.75, 3.05) is 9.80 Å². The Bertz CT molecular complexity index is 3890. The number of hydrogen-bond donors (Lipinski definition) is 0. The molecule has 0 aliphatic rings. The lowest BCUT2D eigenvalue weighted by Gasteiger charge is -2.25. The molecule has 0 unspecified atom stereocenters. The second-order valence-electron chi connectivity index (χ2n) is 16.4. The van der Waals surface area contributed by atoms with Crippen LogP contribution in [0.3, 0.4) is 0 Å². The quantitative estimate of drug-likeness (QED) is 0.167. The molecule has 6 heteroatoms. The Balaban J connectivity index is 0.898. The zero-order valence-electron chi connectivity index (χ0n) is 34.2. The van der Waals surface area contributed by atoms with Gasteiger partial charge in [0.15, 0.2) is 0 Å². The van der Waals surface area contributed by atoms with E-state index < -0.39 is 0 Å². The summed E-state index contributed by atoms with van der Waals surface area (Å²) >= 11 is 3.68. The Morgan fingerprint density at radius 3 is 1.09 bits per heavy atom. The zero-order valence-corrected chi connectivity index (χ0v) is 35.8. The maximum absolute atomic E-state index is 6.74. The highest BCUT2D eigenvalue weighted by molar-refractivity contribution is 7.26. The van der Waals surface area contributed by atoms with Crippen LogP contribution >= 0.6 is 22.7 Å². The number of fused-ring (bicyclic) bond motifs is 15. The molecule has 0 spiro atoms. The van der Waals surface area contributed by atoms with Gasteiger partial charge < -0.3 is 18.6 Å². The predicted molar refractivity (Wildman–Crippen MR) is 274 cm³/mol. The zero-order chi connectivity index (χ0) is 41.9. The highest BCUT2D eigenvalue weighted by Gasteiger charge is 2.21. The van der Waals surface area contributed by atoms with Gasteiger partial charge in [-0.2, -0.15) is 0 Å². The first-order chi connectivity index (χ1) is 31.7. The normalized spacial score (nSPS) is 12.1. The van der Waals surface area contributed by atoms with Crippen molar-refractivity contribution >= 4 is 152 Å². The molecule has 0 N–H and O–H groups in total. The molecule has 0 radical (unpaired) electrons. The van der Waals surface area contributed by atoms with Gasteiger partial charge in [-0.15, -0.1) is 22.7 Å². The van der Waals surface area contributed by atoms with Crippen molar-refractivity contribution in [3.63, 3.8) is 0 Å². The van der Waals surface area contributed by atoms with Gasteiger partial charge in [0, 0.05) is 108 Å². The molecule has 4 nitrogen and oxygen atoms in total. The fraction of sp³-hybridized carbons (Fsp3) is 0. The molecule has 14 rings (SSSR count). The maximum atomic E-state index is 6.74. The summed E-state index contributed by atoms with van der Waals surface area (Å²) in [5, 5.41) is 11.8. The van der Waals surface area contributed by atoms with Gasteiger partial charge in [0.05, 0.1) is 0 Å². The standard InChI is InChI=1S/C58H34N2O2S2/c1-3-11-35(12-4-1)59(37-21-29-55-47(31-37)41-15-7-9-17-53(41)63-55)39-19-23-45-51(33-39)61-49-27-25-44-43(57(45)49)26-28-50-58(44)46-24-20-40(34-52(46)62-50)60(36-13-5-2-6-14-36)38-22-30-56-48(32-38)42-16-8-10-18-54(42)64-56/h1-34H. The fourth-order valence-electron chi connectivity index (χ4n) is 9.97. The van der Waals surface area contributed by atoms with Crippen molar-refractivity contribution in [1.82, 2.24) is 0 Å². The molecule has 0 aliphatic carbocycles. The highest BCUT2D eigenvalue weighted by Crippen LogP contribution is 2.46. The van der Waals surface area contributed by atoms with Gasteiger partial charge in [-0.1, -0.05) is 72.8 Å². The van der Waals surface area contributed by atoms with Crippen LogP contribution in [0.25, 0.3) is 95.0 Å². The molecule has 14 aromatic rings. The molecule has 0 atom stereocenters. The molecular formula is C58H34N2O2S2. The summed E-state index contributed by atoms with van der Waals surface area (Å²) in [5.74, 6) is 0. The minimum absolute atomic E-state index is 0.847. The van der Waals surface area contributed by atoms with Crippen LogP contribution in [0, 0.1) is 0 Å². The Morgan fingerprint density at radius 1 is 0.250 bits per heavy atom. The topological polar surface area (TPSA) is 32.8 Å². The highest BCUT2D eigenvalue weighted by atomic mass is 32.1. The predicted octanol–water partition coefficient (Wildman–Crippen LogP) is 18.3. The lowest BCUT2D eigenvalue weighted by atomic mass is 9.99. The molecule has 4 aromatic heterocycles. The minimum atomic E-state index is 0.847. The maximum Gasteiger partial charge on any atom is 0.137 e. The summed E-state index contributed by atoms with van der Waals surface area (Å²) in [7, 11) is 0. The van der Waals surface area contributed by atoms with E-state index in [1.54, 1.807) is 0 Å². The Hall–Kier alpha value is -7.90. The molecule has 4 heterocycles. The SMILES string of the molecule is c1ccc(N(c2ccc3c(c2)oc2ccc4c(ccc5oc6cc(N(c7ccccc7)c7ccc8sc9ccccc9c8c7)ccc6c54)c23)c2ccc3sc4ccccc4c3c2)cc1. The summed E-state index contributed by atoms with van der Waals surface area (Å²) in [6.07, 6.45) is 0. The van der Waals surface area contributed by atoms with Gasteiger partial charge in [0.25, 0.3) is 0 Å². The molecule has 64 heavy (non-hydrogen) atoms. The van der Waals surface area contributed by atoms with Crippen molar-refractivity contribution in [2.24, 2.45) is 0 Å². The average Bonchev–Trinajstić information content (AvgIpc) is 4.12. The van der Waals surface area contributed by atoms with E-state index >= 15 is 0 Å². The van der Waals surface area contributed by atoms with Gasteiger partial charge in [-0.3, -0.25) is 0 Å². The smallest absolute Gasteiger partial charge is 0.137 e. The third kappa shape index (κ3) is 5.40. The Labute approximate surface area is 374 Å². The fourth-order valence-corrected chi connectivity index (χ4v) is 12.1. The number of furan rings is 2. The lowest BCUT2D eigenvalue weighted by Crippen LogP contribution is -2.09. The summed E-state index contributed by atoms with van der Waals surface area (Å²) in [4.78, 5) is 4.65. The molecule has 10 aromatic carbocycles. The summed E-state index contributed by atoms with van der Waals surface area (Å²) in [5.41, 5.74) is 9.86. The van der Waals surface area contributed by atoms with E-state index in [-0.39, 0.29) is 0 Å². The first kappa shape index (κ1) is 35.7. The number of nitrogens with zero attached hydrogens (tertiary/aromatic N) is 2. The Morgan fingerprint density at radius 2 is 0.625 bits per heavy atom. The van der Waals surface area contributed by atoms with E-state index in [0.717, 1.165) is 88.8 Å². The summed E-state index contributed by atoms with van der Waals surface area (Å²) in [6, 6.07) is 74.1. The molecule has 0 bridgehead atoms. The third-order valence-corrected chi connectivity index (χ3v) is 15.1. The second kappa shape index (κ2) is 13.8. The van der Waals surface area contributed by atoms with Crippen LogP contribution in [0.1, 0.15) is 0 Å². The summed E-state index contributed by atoms with van der Waals surface area (Å²) in [6.45, 7) is 0. The van der Waals surface area contributed by atoms with Crippen LogP contribution in [0.4, 0.5) is 34.1 Å². The number of anilines is 6. The van der Waals surface area contributed by atoms with Gasteiger partial charge >= 0.3 is 0 Å². The monoisotopic (exact) mass is 854 g/mol. The van der Waals surface area contributed by atoms with Gasteiger partial charge in [-0.25, -0.2) is 0 Å². The van der Waals surface area contributed by atoms with Crippen molar-refractivity contribution in [1.29, 1.82) is 0 Å². The van der Waals surface area contributed by atoms with Crippen molar-refractivity contribution in [2.45, 2.75) is 0 Å². The van der Waals surface area contributed by atoms with Crippen LogP contribution in [-0.2, 0) is 0 Å². The van der Waals surface area contributed by atoms with Crippen molar-refractivity contribution in [3.8, 4) is 0 Å². The van der Waals surface area contributed by atoms with E-state index in [2.05, 4.69) is 216 Å². The third-order valence-electron chi connectivity index (χ3n) is 12.8. The average molecular weight is 855 g/mol. The number of thiophene rings is 2. The molecule has 0 aliphatic heterocycles. The number of hydrogen-bond acceptors (Lipinski definition) is 6. The Kier molecular flexibility index (Phi) is 7.69. The number of para-hydroxylation sites is 2. The van der Waals surface area contributed by atoms with E-state index in [9.17, 15) is 0 Å². The molecule has 0 fully saturated rings. The number of benzene rings is 10. The molecule has 0 saturated heterocycles. The number of rotatable bonds is 6. The van der Waals surface area contributed by atoms with E-state index in [0.29, 0.717) is 0 Å². The van der Waals surface area contributed by atoms with Crippen LogP contribution in [0.5, 0.6) is 0 Å². The molecular weight excluding hydrogens is 821 g/mol. The largest absolute Gasteiger partial charge is 0.456 e. The van der Waals surface area contributed by atoms with Crippen LogP contribution in [-0.4, -0.2) is 0 Å². The van der Waals surface area contributed by atoms with Gasteiger partial charge in [0.2, 0.25) is 0 Å². The van der Waals surface area contributed by atoms with Crippen molar-refractivity contribution < 1.29 is 8.83 Å². The van der Waals surface area contributed by atoms with E-state index in [1.807, 2.05) is 22.7 Å². The summed E-state index contributed by atoms with van der Waals surface area (Å²) < 4.78 is 18.6. The molecule has 0 saturated carbocycles. The van der Waals surface area contributed by atoms with Crippen LogP contribution < -0.4 is 9.80 Å². The molecule has 0 amide bonds. The first-order valence-corrected chi connectivity index (χ1v) is 23.1. The lowest BCUT2D eigenvalue weighted by molar-refractivity contribution is 0.668. The minimum Gasteiger partial charge on any atom is -0.456 e. The van der Waals surface area contributed by atoms with E-state index in [4.69, 9.17) is 8.83 Å². The van der Waals surface area contributed by atoms with Crippen LogP contribution in [0.15, 0.2) is 215 Å². The van der Waals surface area contributed by atoms with Gasteiger partial charge in [-0.05, 0) is 132 Å². The van der Waals surface area contributed by atoms with E-state index in [1.165, 1.54) is 40.3 Å². The molecule has 300 valence electrons.